The van der Waals surface area contributed by atoms with Crippen LogP contribution < -0.4 is 5.32 Å². The molecular formula is C13H7Br2Cl2NO. The fourth-order valence-electron chi connectivity index (χ4n) is 1.48. The van der Waals surface area contributed by atoms with Gasteiger partial charge in [0.15, 0.2) is 0 Å². The first-order valence-electron chi connectivity index (χ1n) is 5.19. The SMILES string of the molecule is O=C(Nc1cccc(Cl)c1Cl)c1cc(Br)cc(Br)c1. The Hall–Kier alpha value is -0.550. The van der Waals surface area contributed by atoms with Gasteiger partial charge >= 0.3 is 0 Å². The van der Waals surface area contributed by atoms with Crippen LogP contribution in [-0.2, 0) is 0 Å². The van der Waals surface area contributed by atoms with E-state index in [0.717, 1.165) is 8.95 Å². The van der Waals surface area contributed by atoms with Crippen LogP contribution in [0.4, 0.5) is 5.69 Å². The van der Waals surface area contributed by atoms with Crippen molar-refractivity contribution in [2.45, 2.75) is 0 Å². The molecule has 0 aliphatic carbocycles. The molecule has 0 heterocycles. The van der Waals surface area contributed by atoms with Crippen molar-refractivity contribution in [2.24, 2.45) is 0 Å². The Morgan fingerprint density at radius 2 is 1.68 bits per heavy atom. The smallest absolute Gasteiger partial charge is 0.255 e. The molecule has 0 atom stereocenters. The van der Waals surface area contributed by atoms with Crippen LogP contribution >= 0.6 is 55.1 Å². The standard InChI is InChI=1S/C13H7Br2Cl2NO/c14-8-4-7(5-9(15)6-8)13(19)18-11-3-1-2-10(16)12(11)17/h1-6H,(H,18,19). The number of nitrogens with one attached hydrogen (secondary N) is 1. The van der Waals surface area contributed by atoms with E-state index in [9.17, 15) is 4.79 Å². The van der Waals surface area contributed by atoms with E-state index in [1.54, 1.807) is 30.3 Å². The number of anilines is 1. The molecule has 98 valence electrons. The van der Waals surface area contributed by atoms with Crippen LogP contribution in [0.1, 0.15) is 10.4 Å². The molecule has 0 bridgehead atoms. The minimum Gasteiger partial charge on any atom is -0.321 e. The van der Waals surface area contributed by atoms with Crippen LogP contribution in [0, 0.1) is 0 Å². The maximum Gasteiger partial charge on any atom is 0.255 e. The van der Waals surface area contributed by atoms with Gasteiger partial charge in [-0.25, -0.2) is 0 Å². The van der Waals surface area contributed by atoms with Crippen LogP contribution in [0.3, 0.4) is 0 Å². The van der Waals surface area contributed by atoms with Crippen molar-refractivity contribution >= 4 is 66.7 Å². The van der Waals surface area contributed by atoms with Crippen LogP contribution in [0.5, 0.6) is 0 Å². The zero-order chi connectivity index (χ0) is 14.0. The lowest BCUT2D eigenvalue weighted by molar-refractivity contribution is 0.102. The van der Waals surface area contributed by atoms with Crippen LogP contribution in [0.25, 0.3) is 0 Å². The highest BCUT2D eigenvalue weighted by molar-refractivity contribution is 9.11. The Kier molecular flexibility index (Phi) is 4.90. The summed E-state index contributed by atoms with van der Waals surface area (Å²) in [6.07, 6.45) is 0. The van der Waals surface area contributed by atoms with Crippen LogP contribution in [0.15, 0.2) is 45.3 Å². The Labute approximate surface area is 137 Å². The van der Waals surface area contributed by atoms with Gasteiger partial charge in [-0.1, -0.05) is 61.1 Å². The van der Waals surface area contributed by atoms with Gasteiger partial charge in [0.1, 0.15) is 0 Å². The Morgan fingerprint density at radius 3 is 2.32 bits per heavy atom. The van der Waals surface area contributed by atoms with E-state index < -0.39 is 0 Å². The van der Waals surface area contributed by atoms with E-state index in [4.69, 9.17) is 23.2 Å². The normalized spacial score (nSPS) is 10.3. The fraction of sp³-hybridized carbons (Fsp3) is 0. The summed E-state index contributed by atoms with van der Waals surface area (Å²) in [5.41, 5.74) is 0.993. The first kappa shape index (κ1) is 14.9. The van der Waals surface area contributed by atoms with Gasteiger partial charge in [0, 0.05) is 14.5 Å². The van der Waals surface area contributed by atoms with Gasteiger partial charge in [0.05, 0.1) is 15.7 Å². The van der Waals surface area contributed by atoms with Crippen LogP contribution in [0.2, 0.25) is 10.0 Å². The third-order valence-electron chi connectivity index (χ3n) is 2.32. The van der Waals surface area contributed by atoms with Gasteiger partial charge in [0.2, 0.25) is 0 Å². The summed E-state index contributed by atoms with van der Waals surface area (Å²) in [5, 5.41) is 3.45. The Bertz CT molecular complexity index is 626. The van der Waals surface area contributed by atoms with E-state index in [1.165, 1.54) is 0 Å². The molecule has 2 rings (SSSR count). The van der Waals surface area contributed by atoms with E-state index >= 15 is 0 Å². The molecule has 0 aromatic heterocycles. The number of carbonyl (C=O) groups is 1. The number of hydrogen-bond acceptors (Lipinski definition) is 1. The summed E-state index contributed by atoms with van der Waals surface area (Å²) >= 11 is 18.6. The zero-order valence-electron chi connectivity index (χ0n) is 9.38. The van der Waals surface area contributed by atoms with Gasteiger partial charge < -0.3 is 5.32 Å². The van der Waals surface area contributed by atoms with Crippen molar-refractivity contribution in [3.8, 4) is 0 Å². The number of rotatable bonds is 2. The predicted octanol–water partition coefficient (Wildman–Crippen LogP) is 5.77. The molecule has 0 aliphatic rings. The monoisotopic (exact) mass is 421 g/mol. The molecule has 6 heteroatoms. The largest absolute Gasteiger partial charge is 0.321 e. The number of halogens is 4. The van der Waals surface area contributed by atoms with E-state index in [0.29, 0.717) is 21.3 Å². The minimum atomic E-state index is -0.258. The lowest BCUT2D eigenvalue weighted by Crippen LogP contribution is -2.12. The second kappa shape index (κ2) is 6.27. The second-order valence-corrected chi connectivity index (χ2v) is 6.33. The minimum absolute atomic E-state index is 0.258. The molecule has 2 aromatic rings. The maximum absolute atomic E-state index is 12.1. The second-order valence-electron chi connectivity index (χ2n) is 3.71. The zero-order valence-corrected chi connectivity index (χ0v) is 14.1. The average molecular weight is 424 g/mol. The van der Waals surface area contributed by atoms with E-state index in [-0.39, 0.29) is 5.91 Å². The summed E-state index contributed by atoms with van der Waals surface area (Å²) in [5.74, 6) is -0.258. The van der Waals surface area contributed by atoms with Gasteiger partial charge in [-0.2, -0.15) is 0 Å². The van der Waals surface area contributed by atoms with Crippen molar-refractivity contribution in [2.75, 3.05) is 5.32 Å². The molecule has 0 saturated heterocycles. The molecule has 1 N–H and O–H groups in total. The summed E-state index contributed by atoms with van der Waals surface area (Å²) in [4.78, 5) is 12.1. The highest BCUT2D eigenvalue weighted by Gasteiger charge is 2.11. The summed E-state index contributed by atoms with van der Waals surface area (Å²) in [6, 6.07) is 10.4. The molecule has 0 fully saturated rings. The Balaban J connectivity index is 2.28. The van der Waals surface area contributed by atoms with Gasteiger partial charge in [-0.3, -0.25) is 4.79 Å². The van der Waals surface area contributed by atoms with E-state index in [2.05, 4.69) is 37.2 Å². The molecule has 0 unspecified atom stereocenters. The molecule has 0 saturated carbocycles. The maximum atomic E-state index is 12.1. The molecule has 19 heavy (non-hydrogen) atoms. The summed E-state index contributed by atoms with van der Waals surface area (Å²) in [6.45, 7) is 0. The quantitative estimate of drug-likeness (QED) is 0.652. The van der Waals surface area contributed by atoms with Crippen LogP contribution in [-0.4, -0.2) is 5.91 Å². The van der Waals surface area contributed by atoms with Gasteiger partial charge in [0.25, 0.3) is 5.91 Å². The fourth-order valence-corrected chi connectivity index (χ4v) is 3.12. The molecular weight excluding hydrogens is 417 g/mol. The number of hydrogen-bond donors (Lipinski definition) is 1. The first-order valence-corrected chi connectivity index (χ1v) is 7.53. The summed E-state index contributed by atoms with van der Waals surface area (Å²) < 4.78 is 1.62. The van der Waals surface area contributed by atoms with Crippen molar-refractivity contribution in [1.29, 1.82) is 0 Å². The highest BCUT2D eigenvalue weighted by atomic mass is 79.9. The average Bonchev–Trinajstić information content (AvgIpc) is 2.33. The predicted molar refractivity (Wildman–Crippen MR) is 86.3 cm³/mol. The molecule has 0 spiro atoms. The third kappa shape index (κ3) is 3.72. The lowest BCUT2D eigenvalue weighted by atomic mass is 10.2. The van der Waals surface area contributed by atoms with Crippen molar-refractivity contribution < 1.29 is 4.79 Å². The number of amides is 1. The third-order valence-corrected chi connectivity index (χ3v) is 4.06. The molecule has 0 radical (unpaired) electrons. The molecule has 1 amide bonds. The van der Waals surface area contributed by atoms with Gasteiger partial charge in [-0.05, 0) is 30.3 Å². The topological polar surface area (TPSA) is 29.1 Å². The summed E-state index contributed by atoms with van der Waals surface area (Å²) in [7, 11) is 0. The van der Waals surface area contributed by atoms with Crippen molar-refractivity contribution in [3.63, 3.8) is 0 Å². The molecule has 2 aromatic carbocycles. The molecule has 0 aliphatic heterocycles. The van der Waals surface area contributed by atoms with Gasteiger partial charge in [-0.15, -0.1) is 0 Å². The number of carbonyl (C=O) groups excluding carboxylic acids is 1. The van der Waals surface area contributed by atoms with E-state index in [1.807, 2.05) is 6.07 Å². The number of benzene rings is 2. The Morgan fingerprint density at radius 1 is 1.05 bits per heavy atom. The van der Waals surface area contributed by atoms with Crippen molar-refractivity contribution in [1.82, 2.24) is 0 Å². The first-order chi connectivity index (χ1) is 8.97. The lowest BCUT2D eigenvalue weighted by Gasteiger charge is -2.08. The molecule has 2 nitrogen and oxygen atoms in total. The highest BCUT2D eigenvalue weighted by Crippen LogP contribution is 2.30. The van der Waals surface area contributed by atoms with Crippen molar-refractivity contribution in [3.05, 3.63) is 61.0 Å².